The van der Waals surface area contributed by atoms with Crippen LogP contribution in [0.3, 0.4) is 0 Å². The Morgan fingerprint density at radius 2 is 1.79 bits per heavy atom. The summed E-state index contributed by atoms with van der Waals surface area (Å²) in [6, 6.07) is 7.79. The topological polar surface area (TPSA) is 42.3 Å². The summed E-state index contributed by atoms with van der Waals surface area (Å²) in [5.74, 6) is 1.22. The number of aldehydes is 1. The van der Waals surface area contributed by atoms with Gasteiger partial charge in [0, 0.05) is 32.0 Å². The molecular weight excluding hydrogens is 307 g/mol. The van der Waals surface area contributed by atoms with Crippen molar-refractivity contribution in [3.63, 3.8) is 0 Å². The molecule has 1 amide bonds. The second kappa shape index (κ2) is 5.89. The molecule has 4 nitrogen and oxygen atoms in total. The lowest BCUT2D eigenvalue weighted by atomic mass is 10.1. The van der Waals surface area contributed by atoms with Gasteiger partial charge in [-0.3, -0.25) is 9.59 Å². The Morgan fingerprint density at radius 1 is 1.12 bits per heavy atom. The molecule has 1 aromatic carbocycles. The maximum atomic E-state index is 13.4. The summed E-state index contributed by atoms with van der Waals surface area (Å²) in [7, 11) is 0. The highest BCUT2D eigenvalue weighted by molar-refractivity contribution is 5.79. The molecule has 1 aliphatic heterocycles. The van der Waals surface area contributed by atoms with Gasteiger partial charge in [-0.1, -0.05) is 24.3 Å². The van der Waals surface area contributed by atoms with E-state index >= 15 is 0 Å². The van der Waals surface area contributed by atoms with Gasteiger partial charge in [0.2, 0.25) is 5.91 Å². The van der Waals surface area contributed by atoms with E-state index in [1.165, 1.54) is 18.8 Å². The van der Waals surface area contributed by atoms with Crippen molar-refractivity contribution in [1.82, 2.24) is 9.47 Å². The number of amides is 1. The van der Waals surface area contributed by atoms with Crippen LogP contribution in [0.15, 0.2) is 36.7 Å². The van der Waals surface area contributed by atoms with Gasteiger partial charge in [0.05, 0.1) is 12.0 Å². The standard InChI is InChI=1S/C19H19FN2O2/c20-18-11-21(8-17(18)12-23)7-14-3-1-13(2-4-14)5-19(24)22-9-15-6-16(15)10-22/h1-4,8,11-12,15-16H,5-7,9-10H2. The normalized spacial score (nSPS) is 21.6. The summed E-state index contributed by atoms with van der Waals surface area (Å²) in [5, 5.41) is 0. The summed E-state index contributed by atoms with van der Waals surface area (Å²) in [4.78, 5) is 24.9. The first kappa shape index (κ1) is 15.1. The summed E-state index contributed by atoms with van der Waals surface area (Å²) in [5.41, 5.74) is 2.07. The zero-order valence-corrected chi connectivity index (χ0v) is 13.3. The van der Waals surface area contributed by atoms with Crippen LogP contribution in [0.1, 0.15) is 27.9 Å². The summed E-state index contributed by atoms with van der Waals surface area (Å²) >= 11 is 0. The summed E-state index contributed by atoms with van der Waals surface area (Å²) in [6.45, 7) is 2.36. The third-order valence-corrected chi connectivity index (χ3v) is 5.06. The van der Waals surface area contributed by atoms with Crippen LogP contribution in [0.25, 0.3) is 0 Å². The molecule has 0 bridgehead atoms. The molecule has 1 saturated heterocycles. The number of nitrogens with zero attached hydrogens (tertiary/aromatic N) is 2. The van der Waals surface area contributed by atoms with Crippen molar-refractivity contribution in [1.29, 1.82) is 0 Å². The lowest BCUT2D eigenvalue weighted by Crippen LogP contribution is -2.31. The van der Waals surface area contributed by atoms with Crippen molar-refractivity contribution in [3.05, 3.63) is 59.2 Å². The highest BCUT2D eigenvalue weighted by atomic mass is 19.1. The third-order valence-electron chi connectivity index (χ3n) is 5.06. The van der Waals surface area contributed by atoms with Crippen LogP contribution in [0.5, 0.6) is 0 Å². The van der Waals surface area contributed by atoms with Gasteiger partial charge in [-0.25, -0.2) is 4.39 Å². The van der Waals surface area contributed by atoms with Crippen LogP contribution in [0, 0.1) is 17.7 Å². The van der Waals surface area contributed by atoms with Gasteiger partial charge in [0.1, 0.15) is 0 Å². The highest BCUT2D eigenvalue weighted by Crippen LogP contribution is 2.44. The monoisotopic (exact) mass is 326 g/mol. The van der Waals surface area contributed by atoms with Gasteiger partial charge in [-0.05, 0) is 29.4 Å². The van der Waals surface area contributed by atoms with Crippen LogP contribution in [-0.4, -0.2) is 34.7 Å². The second-order valence-corrected chi connectivity index (χ2v) is 6.90. The third kappa shape index (κ3) is 2.98. The van der Waals surface area contributed by atoms with E-state index in [0.717, 1.165) is 36.1 Å². The van der Waals surface area contributed by atoms with E-state index in [4.69, 9.17) is 0 Å². The number of carbonyl (C=O) groups is 2. The number of rotatable bonds is 5. The largest absolute Gasteiger partial charge is 0.346 e. The molecule has 2 atom stereocenters. The van der Waals surface area contributed by atoms with Gasteiger partial charge in [0.25, 0.3) is 0 Å². The fraction of sp³-hybridized carbons (Fsp3) is 0.368. The van der Waals surface area contributed by atoms with Crippen LogP contribution in [0.2, 0.25) is 0 Å². The van der Waals surface area contributed by atoms with E-state index in [1.54, 1.807) is 4.57 Å². The number of piperidine rings is 1. The molecule has 2 fully saturated rings. The zero-order chi connectivity index (χ0) is 16.7. The highest BCUT2D eigenvalue weighted by Gasteiger charge is 2.46. The number of aromatic nitrogens is 1. The number of carbonyl (C=O) groups excluding carboxylic acids is 2. The Balaban J connectivity index is 1.37. The Labute approximate surface area is 139 Å². The van der Waals surface area contributed by atoms with Crippen LogP contribution in [-0.2, 0) is 17.8 Å². The second-order valence-electron chi connectivity index (χ2n) is 6.90. The predicted octanol–water partition coefficient (Wildman–Crippen LogP) is 2.51. The molecule has 124 valence electrons. The molecule has 1 aliphatic carbocycles. The zero-order valence-electron chi connectivity index (χ0n) is 13.3. The van der Waals surface area contributed by atoms with Crippen molar-refractivity contribution in [2.45, 2.75) is 19.4 Å². The van der Waals surface area contributed by atoms with Gasteiger partial charge in [0.15, 0.2) is 12.1 Å². The lowest BCUT2D eigenvalue weighted by molar-refractivity contribution is -0.129. The number of halogens is 1. The first-order valence-corrected chi connectivity index (χ1v) is 8.28. The molecule has 0 N–H and O–H groups in total. The van der Waals surface area contributed by atoms with Gasteiger partial charge in [-0.15, -0.1) is 0 Å². The minimum Gasteiger partial charge on any atom is -0.346 e. The smallest absolute Gasteiger partial charge is 0.227 e. The number of likely N-dealkylation sites (tertiary alicyclic amines) is 1. The fourth-order valence-electron chi connectivity index (χ4n) is 3.54. The van der Waals surface area contributed by atoms with Gasteiger partial charge >= 0.3 is 0 Å². The van der Waals surface area contributed by atoms with Crippen molar-refractivity contribution >= 4 is 12.2 Å². The van der Waals surface area contributed by atoms with E-state index in [9.17, 15) is 14.0 Å². The van der Waals surface area contributed by atoms with Crippen LogP contribution < -0.4 is 0 Å². The van der Waals surface area contributed by atoms with Crippen LogP contribution in [0.4, 0.5) is 4.39 Å². The molecular formula is C19H19FN2O2. The number of benzene rings is 1. The maximum Gasteiger partial charge on any atom is 0.227 e. The Kier molecular flexibility index (Phi) is 3.71. The van der Waals surface area contributed by atoms with E-state index in [-0.39, 0.29) is 11.5 Å². The minimum atomic E-state index is -0.504. The van der Waals surface area contributed by atoms with E-state index in [1.807, 2.05) is 29.2 Å². The molecule has 2 unspecified atom stereocenters. The summed E-state index contributed by atoms with van der Waals surface area (Å²) in [6.07, 6.45) is 5.07. The Morgan fingerprint density at radius 3 is 2.42 bits per heavy atom. The van der Waals surface area contributed by atoms with Crippen molar-refractivity contribution < 1.29 is 14.0 Å². The molecule has 2 aliphatic rings. The maximum absolute atomic E-state index is 13.4. The SMILES string of the molecule is O=Cc1cn(Cc2ccc(CC(=O)N3CC4CC4C3)cc2)cc1F. The van der Waals surface area contributed by atoms with E-state index in [0.29, 0.717) is 19.3 Å². The minimum absolute atomic E-state index is 0.0703. The first-order chi connectivity index (χ1) is 11.6. The van der Waals surface area contributed by atoms with Crippen molar-refractivity contribution in [2.24, 2.45) is 11.8 Å². The van der Waals surface area contributed by atoms with E-state index in [2.05, 4.69) is 0 Å². The average molecular weight is 326 g/mol. The molecule has 2 aromatic rings. The molecule has 2 heterocycles. The number of fused-ring (bicyclic) bond motifs is 1. The van der Waals surface area contributed by atoms with Gasteiger partial charge in [-0.2, -0.15) is 0 Å². The predicted molar refractivity (Wildman–Crippen MR) is 87.2 cm³/mol. The summed E-state index contributed by atoms with van der Waals surface area (Å²) < 4.78 is 15.1. The average Bonchev–Trinajstić information content (AvgIpc) is 3.01. The van der Waals surface area contributed by atoms with Crippen molar-refractivity contribution in [2.75, 3.05) is 13.1 Å². The Bertz CT molecular complexity index is 771. The molecule has 1 saturated carbocycles. The molecule has 1 aromatic heterocycles. The molecule has 0 spiro atoms. The van der Waals surface area contributed by atoms with Gasteiger partial charge < -0.3 is 9.47 Å². The fourth-order valence-corrected chi connectivity index (χ4v) is 3.54. The quantitative estimate of drug-likeness (QED) is 0.792. The molecule has 24 heavy (non-hydrogen) atoms. The first-order valence-electron chi connectivity index (χ1n) is 8.28. The van der Waals surface area contributed by atoms with Crippen molar-refractivity contribution in [3.8, 4) is 0 Å². The van der Waals surface area contributed by atoms with Crippen LogP contribution >= 0.6 is 0 Å². The lowest BCUT2D eigenvalue weighted by Gasteiger charge is -2.17. The number of hydrogen-bond acceptors (Lipinski definition) is 2. The molecule has 4 rings (SSSR count). The molecule has 0 radical (unpaired) electrons. The number of hydrogen-bond donors (Lipinski definition) is 0. The Hall–Kier alpha value is -2.43. The molecule has 5 heteroatoms. The van der Waals surface area contributed by atoms with E-state index < -0.39 is 5.82 Å².